The molecule has 0 spiro atoms. The number of carbonyl (C=O) groups is 1. The second kappa shape index (κ2) is 3.82. The van der Waals surface area contributed by atoms with E-state index in [0.717, 1.165) is 0 Å². The summed E-state index contributed by atoms with van der Waals surface area (Å²) in [7, 11) is 0. The molecule has 0 bridgehead atoms. The van der Waals surface area contributed by atoms with Gasteiger partial charge in [-0.3, -0.25) is 4.79 Å². The van der Waals surface area contributed by atoms with Gasteiger partial charge in [0.2, 0.25) is 5.91 Å². The van der Waals surface area contributed by atoms with Crippen molar-refractivity contribution < 1.29 is 9.53 Å². The van der Waals surface area contributed by atoms with Crippen molar-refractivity contribution in [2.45, 2.75) is 38.5 Å². The maximum absolute atomic E-state index is 12.4. The van der Waals surface area contributed by atoms with Crippen molar-refractivity contribution in [2.24, 2.45) is 5.92 Å². The van der Waals surface area contributed by atoms with Gasteiger partial charge in [-0.05, 0) is 19.4 Å². The van der Waals surface area contributed by atoms with Gasteiger partial charge in [-0.15, -0.1) is 0 Å². The Morgan fingerprint density at radius 3 is 2.61 bits per heavy atom. The maximum atomic E-state index is 12.4. The normalized spacial score (nSPS) is 33.8. The Balaban J connectivity index is 2.01. The van der Waals surface area contributed by atoms with E-state index in [1.165, 1.54) is 5.56 Å². The van der Waals surface area contributed by atoms with E-state index in [-0.39, 0.29) is 23.8 Å². The Morgan fingerprint density at radius 2 is 1.94 bits per heavy atom. The fraction of sp³-hybridized carbons (Fsp3) is 0.533. The zero-order valence-corrected chi connectivity index (χ0v) is 11.1. The van der Waals surface area contributed by atoms with Crippen LogP contribution in [0, 0.1) is 5.92 Å². The van der Waals surface area contributed by atoms with Crippen molar-refractivity contribution in [2.75, 3.05) is 6.61 Å². The number of hydrogen-bond acceptors (Lipinski definition) is 2. The van der Waals surface area contributed by atoms with Gasteiger partial charge in [0.15, 0.2) is 0 Å². The predicted octanol–water partition coefficient (Wildman–Crippen LogP) is 2.38. The number of fused-ring (bicyclic) bond motifs is 1. The first-order chi connectivity index (χ1) is 8.52. The summed E-state index contributed by atoms with van der Waals surface area (Å²) < 4.78 is 5.78. The molecular weight excluding hydrogens is 226 g/mol. The topological polar surface area (TPSA) is 29.5 Å². The smallest absolute Gasteiger partial charge is 0.228 e. The van der Waals surface area contributed by atoms with Crippen LogP contribution in [0.4, 0.5) is 0 Å². The second-order valence-corrected chi connectivity index (χ2v) is 5.76. The molecule has 3 nitrogen and oxygen atoms in total. The van der Waals surface area contributed by atoms with Crippen molar-refractivity contribution >= 4 is 5.91 Å². The van der Waals surface area contributed by atoms with Gasteiger partial charge in [-0.25, -0.2) is 0 Å². The SMILES string of the molecule is C[C@@H]1C(=O)N2[C@H](COC2(C)C)[C@H]1c1ccccc1. The molecule has 2 heterocycles. The van der Waals surface area contributed by atoms with Gasteiger partial charge in [-0.1, -0.05) is 37.3 Å². The molecule has 0 N–H and O–H groups in total. The summed E-state index contributed by atoms with van der Waals surface area (Å²) in [6.07, 6.45) is 0. The van der Waals surface area contributed by atoms with Crippen LogP contribution >= 0.6 is 0 Å². The molecule has 2 fully saturated rings. The van der Waals surface area contributed by atoms with Gasteiger partial charge in [0, 0.05) is 11.8 Å². The molecular formula is C15H19NO2. The summed E-state index contributed by atoms with van der Waals surface area (Å²) in [6, 6.07) is 10.5. The lowest BCUT2D eigenvalue weighted by Gasteiger charge is -2.29. The van der Waals surface area contributed by atoms with Crippen molar-refractivity contribution in [1.29, 1.82) is 0 Å². The van der Waals surface area contributed by atoms with Crippen LogP contribution in [0.1, 0.15) is 32.3 Å². The van der Waals surface area contributed by atoms with Gasteiger partial charge in [0.05, 0.1) is 12.6 Å². The largest absolute Gasteiger partial charge is 0.354 e. The van der Waals surface area contributed by atoms with Crippen molar-refractivity contribution in [3.63, 3.8) is 0 Å². The van der Waals surface area contributed by atoms with E-state index in [1.54, 1.807) is 0 Å². The van der Waals surface area contributed by atoms with Gasteiger partial charge in [-0.2, -0.15) is 0 Å². The van der Waals surface area contributed by atoms with Gasteiger partial charge >= 0.3 is 0 Å². The van der Waals surface area contributed by atoms with E-state index < -0.39 is 5.72 Å². The van der Waals surface area contributed by atoms with Crippen LogP contribution in [-0.2, 0) is 9.53 Å². The van der Waals surface area contributed by atoms with Crippen LogP contribution in [0.2, 0.25) is 0 Å². The molecule has 2 saturated heterocycles. The Hall–Kier alpha value is -1.35. The molecule has 2 aliphatic rings. The fourth-order valence-electron chi connectivity index (χ4n) is 3.42. The van der Waals surface area contributed by atoms with Crippen LogP contribution in [0.25, 0.3) is 0 Å². The number of hydrogen-bond donors (Lipinski definition) is 0. The van der Waals surface area contributed by atoms with Crippen LogP contribution < -0.4 is 0 Å². The predicted molar refractivity (Wildman–Crippen MR) is 69.0 cm³/mol. The number of nitrogens with zero attached hydrogens (tertiary/aromatic N) is 1. The average molecular weight is 245 g/mol. The molecule has 0 aliphatic carbocycles. The van der Waals surface area contributed by atoms with Crippen LogP contribution in [0.15, 0.2) is 30.3 Å². The van der Waals surface area contributed by atoms with Crippen LogP contribution in [0.3, 0.4) is 0 Å². The molecule has 0 radical (unpaired) electrons. The van der Waals surface area contributed by atoms with Gasteiger partial charge in [0.1, 0.15) is 5.72 Å². The van der Waals surface area contributed by atoms with Crippen LogP contribution in [0.5, 0.6) is 0 Å². The molecule has 3 rings (SSSR count). The number of ether oxygens (including phenoxy) is 1. The van der Waals surface area contributed by atoms with Crippen molar-refractivity contribution in [1.82, 2.24) is 4.90 Å². The lowest BCUT2D eigenvalue weighted by molar-refractivity contribution is -0.144. The van der Waals surface area contributed by atoms with E-state index in [9.17, 15) is 4.79 Å². The van der Waals surface area contributed by atoms with Crippen molar-refractivity contribution in [3.8, 4) is 0 Å². The first-order valence-electron chi connectivity index (χ1n) is 6.54. The van der Waals surface area contributed by atoms with Gasteiger partial charge < -0.3 is 9.64 Å². The highest BCUT2D eigenvalue weighted by Crippen LogP contribution is 2.46. The first kappa shape index (κ1) is 11.7. The third-order valence-corrected chi connectivity index (χ3v) is 4.28. The monoisotopic (exact) mass is 245 g/mol. The summed E-state index contributed by atoms with van der Waals surface area (Å²) in [5, 5.41) is 0. The molecule has 18 heavy (non-hydrogen) atoms. The summed E-state index contributed by atoms with van der Waals surface area (Å²) in [5.41, 5.74) is 0.784. The fourth-order valence-corrected chi connectivity index (χ4v) is 3.42. The third kappa shape index (κ3) is 1.50. The minimum Gasteiger partial charge on any atom is -0.354 e. The third-order valence-electron chi connectivity index (χ3n) is 4.28. The molecule has 1 amide bonds. The Labute approximate surface area is 108 Å². The summed E-state index contributed by atoms with van der Waals surface area (Å²) in [5.74, 6) is 0.511. The number of benzene rings is 1. The Kier molecular flexibility index (Phi) is 2.49. The maximum Gasteiger partial charge on any atom is 0.228 e. The van der Waals surface area contributed by atoms with E-state index in [1.807, 2.05) is 43.9 Å². The average Bonchev–Trinajstić information content (AvgIpc) is 2.79. The Morgan fingerprint density at radius 1 is 1.28 bits per heavy atom. The number of rotatable bonds is 1. The van der Waals surface area contributed by atoms with Crippen molar-refractivity contribution in [3.05, 3.63) is 35.9 Å². The van der Waals surface area contributed by atoms with E-state index in [4.69, 9.17) is 4.74 Å². The molecule has 1 aromatic carbocycles. The zero-order valence-electron chi connectivity index (χ0n) is 11.1. The molecule has 0 saturated carbocycles. The highest BCUT2D eigenvalue weighted by Gasteiger charge is 2.55. The zero-order chi connectivity index (χ0) is 12.9. The molecule has 0 unspecified atom stereocenters. The van der Waals surface area contributed by atoms with Crippen LogP contribution in [-0.4, -0.2) is 29.2 Å². The standard InChI is InChI=1S/C15H19NO2/c1-10-13(11-7-5-4-6-8-11)12-9-18-15(2,3)16(12)14(10)17/h4-8,10,12-13H,9H2,1-3H3/t10-,12+,13+/m0/s1. The summed E-state index contributed by atoms with van der Waals surface area (Å²) in [4.78, 5) is 14.4. The van der Waals surface area contributed by atoms with E-state index >= 15 is 0 Å². The minimum atomic E-state index is -0.459. The number of carbonyl (C=O) groups excluding carboxylic acids is 1. The quantitative estimate of drug-likeness (QED) is 0.760. The van der Waals surface area contributed by atoms with E-state index in [2.05, 4.69) is 12.1 Å². The minimum absolute atomic E-state index is 0.0422. The Bertz CT molecular complexity index is 469. The lowest BCUT2D eigenvalue weighted by Crippen LogP contribution is -2.44. The summed E-state index contributed by atoms with van der Waals surface area (Å²) in [6.45, 7) is 6.63. The molecule has 3 heteroatoms. The van der Waals surface area contributed by atoms with Gasteiger partial charge in [0.25, 0.3) is 0 Å². The summed E-state index contributed by atoms with van der Waals surface area (Å²) >= 11 is 0. The molecule has 2 aliphatic heterocycles. The highest BCUT2D eigenvalue weighted by molar-refractivity contribution is 5.84. The highest BCUT2D eigenvalue weighted by atomic mass is 16.5. The number of amides is 1. The first-order valence-corrected chi connectivity index (χ1v) is 6.54. The molecule has 3 atom stereocenters. The molecule has 0 aromatic heterocycles. The lowest BCUT2D eigenvalue weighted by atomic mass is 9.85. The molecule has 1 aromatic rings. The molecule has 96 valence electrons. The second-order valence-electron chi connectivity index (χ2n) is 5.76. The van der Waals surface area contributed by atoms with E-state index in [0.29, 0.717) is 6.61 Å².